The summed E-state index contributed by atoms with van der Waals surface area (Å²) in [5, 5.41) is 10.4. The van der Waals surface area contributed by atoms with Crippen LogP contribution in [0.15, 0.2) is 34.8 Å². The van der Waals surface area contributed by atoms with Crippen LogP contribution in [0, 0.1) is 0 Å². The minimum Gasteiger partial charge on any atom is -0.478 e. The van der Waals surface area contributed by atoms with Crippen molar-refractivity contribution in [3.63, 3.8) is 0 Å². The molecule has 76 valence electrons. The molecule has 0 saturated heterocycles. The number of rotatable bonds is 1. The molecule has 0 aromatic heterocycles. The molecule has 0 atom stereocenters. The van der Waals surface area contributed by atoms with Gasteiger partial charge in [0.25, 0.3) is 0 Å². The number of nitrogens with two attached hydrogens (primary N) is 1. The monoisotopic (exact) mass is 265 g/mol. The molecule has 0 fully saturated rings. The smallest absolute Gasteiger partial charge is 0.336 e. The van der Waals surface area contributed by atoms with Crippen LogP contribution in [0.1, 0.15) is 10.4 Å². The van der Waals surface area contributed by atoms with Crippen LogP contribution in [0.2, 0.25) is 0 Å². The molecule has 15 heavy (non-hydrogen) atoms. The van der Waals surface area contributed by atoms with Gasteiger partial charge in [0, 0.05) is 15.5 Å². The van der Waals surface area contributed by atoms with Crippen LogP contribution in [-0.4, -0.2) is 11.1 Å². The maximum Gasteiger partial charge on any atom is 0.336 e. The third kappa shape index (κ3) is 1.68. The summed E-state index contributed by atoms with van der Waals surface area (Å²) in [6, 6.07) is 8.50. The first-order chi connectivity index (χ1) is 7.09. The van der Waals surface area contributed by atoms with Crippen LogP contribution in [0.3, 0.4) is 0 Å². The summed E-state index contributed by atoms with van der Waals surface area (Å²) in [6.07, 6.45) is 0. The van der Waals surface area contributed by atoms with E-state index in [1.807, 2.05) is 6.07 Å². The van der Waals surface area contributed by atoms with Gasteiger partial charge in [0.2, 0.25) is 0 Å². The first-order valence-corrected chi connectivity index (χ1v) is 5.10. The van der Waals surface area contributed by atoms with Crippen molar-refractivity contribution in [3.05, 3.63) is 40.4 Å². The summed E-state index contributed by atoms with van der Waals surface area (Å²) < 4.78 is 0.879. The van der Waals surface area contributed by atoms with E-state index in [9.17, 15) is 4.79 Å². The highest BCUT2D eigenvalue weighted by atomic mass is 79.9. The van der Waals surface area contributed by atoms with Gasteiger partial charge in [-0.3, -0.25) is 0 Å². The summed E-state index contributed by atoms with van der Waals surface area (Å²) in [5.74, 6) is -0.942. The van der Waals surface area contributed by atoms with Crippen molar-refractivity contribution in [2.45, 2.75) is 0 Å². The normalized spacial score (nSPS) is 10.5. The van der Waals surface area contributed by atoms with Crippen molar-refractivity contribution in [2.24, 2.45) is 0 Å². The fourth-order valence-electron chi connectivity index (χ4n) is 1.53. The van der Waals surface area contributed by atoms with Crippen LogP contribution >= 0.6 is 15.9 Å². The lowest BCUT2D eigenvalue weighted by Crippen LogP contribution is -1.99. The van der Waals surface area contributed by atoms with Gasteiger partial charge in [0.05, 0.1) is 5.56 Å². The molecule has 0 aliphatic rings. The maximum absolute atomic E-state index is 11.0. The van der Waals surface area contributed by atoms with Gasteiger partial charge in [0.1, 0.15) is 0 Å². The van der Waals surface area contributed by atoms with Crippen molar-refractivity contribution >= 4 is 38.4 Å². The summed E-state index contributed by atoms with van der Waals surface area (Å²) in [7, 11) is 0. The zero-order valence-electron chi connectivity index (χ0n) is 7.70. The van der Waals surface area contributed by atoms with E-state index in [-0.39, 0.29) is 5.56 Å². The Balaban J connectivity index is 2.88. The van der Waals surface area contributed by atoms with E-state index in [1.165, 1.54) is 6.07 Å². The lowest BCUT2D eigenvalue weighted by atomic mass is 10.0. The SMILES string of the molecule is Nc1ccc(C(=O)O)c2ccc(Br)cc12. The van der Waals surface area contributed by atoms with E-state index >= 15 is 0 Å². The van der Waals surface area contributed by atoms with Gasteiger partial charge in [-0.05, 0) is 29.7 Å². The van der Waals surface area contributed by atoms with Crippen molar-refractivity contribution in [2.75, 3.05) is 5.73 Å². The number of fused-ring (bicyclic) bond motifs is 1. The van der Waals surface area contributed by atoms with Gasteiger partial charge in [0.15, 0.2) is 0 Å². The third-order valence-corrected chi connectivity index (χ3v) is 2.74. The number of anilines is 1. The Bertz CT molecular complexity index is 552. The van der Waals surface area contributed by atoms with Gasteiger partial charge in [-0.15, -0.1) is 0 Å². The molecule has 0 aliphatic carbocycles. The number of nitrogen functional groups attached to an aromatic ring is 1. The molecule has 0 unspecified atom stereocenters. The molecule has 3 nitrogen and oxygen atoms in total. The van der Waals surface area contributed by atoms with Crippen molar-refractivity contribution in [1.29, 1.82) is 0 Å². The summed E-state index contributed by atoms with van der Waals surface area (Å²) >= 11 is 3.33. The molecular formula is C11H8BrNO2. The number of carboxylic acid groups (broad SMARTS) is 1. The minimum atomic E-state index is -0.942. The van der Waals surface area contributed by atoms with Crippen LogP contribution in [0.4, 0.5) is 5.69 Å². The lowest BCUT2D eigenvalue weighted by Gasteiger charge is -2.05. The summed E-state index contributed by atoms with van der Waals surface area (Å²) in [5.41, 5.74) is 6.63. The fourth-order valence-corrected chi connectivity index (χ4v) is 1.89. The fraction of sp³-hybridized carbons (Fsp3) is 0. The highest BCUT2D eigenvalue weighted by Gasteiger charge is 2.09. The Labute approximate surface area is 94.6 Å². The number of aromatic carboxylic acids is 1. The number of hydrogen-bond acceptors (Lipinski definition) is 2. The molecule has 0 aliphatic heterocycles. The predicted octanol–water partition coefficient (Wildman–Crippen LogP) is 2.88. The molecule has 0 spiro atoms. The average molecular weight is 266 g/mol. The van der Waals surface area contributed by atoms with E-state index < -0.39 is 5.97 Å². The lowest BCUT2D eigenvalue weighted by molar-refractivity contribution is 0.0699. The molecule has 4 heteroatoms. The topological polar surface area (TPSA) is 63.3 Å². The number of carboxylic acids is 1. The first-order valence-electron chi connectivity index (χ1n) is 4.30. The van der Waals surface area contributed by atoms with E-state index in [1.54, 1.807) is 18.2 Å². The van der Waals surface area contributed by atoms with Gasteiger partial charge < -0.3 is 10.8 Å². The first kappa shape index (κ1) is 9.98. The zero-order chi connectivity index (χ0) is 11.0. The van der Waals surface area contributed by atoms with E-state index in [0.29, 0.717) is 11.1 Å². The summed E-state index contributed by atoms with van der Waals surface area (Å²) in [6.45, 7) is 0. The van der Waals surface area contributed by atoms with Crippen LogP contribution in [0.25, 0.3) is 10.8 Å². The van der Waals surface area contributed by atoms with E-state index in [2.05, 4.69) is 15.9 Å². The molecule has 0 saturated carbocycles. The van der Waals surface area contributed by atoms with Crippen LogP contribution < -0.4 is 5.73 Å². The van der Waals surface area contributed by atoms with E-state index in [4.69, 9.17) is 10.8 Å². The summed E-state index contributed by atoms with van der Waals surface area (Å²) in [4.78, 5) is 11.0. The largest absolute Gasteiger partial charge is 0.478 e. The van der Waals surface area contributed by atoms with Crippen molar-refractivity contribution < 1.29 is 9.90 Å². The highest BCUT2D eigenvalue weighted by molar-refractivity contribution is 9.10. The Morgan fingerprint density at radius 2 is 1.93 bits per heavy atom. The number of benzene rings is 2. The Hall–Kier alpha value is -1.55. The van der Waals surface area contributed by atoms with E-state index in [0.717, 1.165) is 9.86 Å². The molecule has 0 radical (unpaired) electrons. The highest BCUT2D eigenvalue weighted by Crippen LogP contribution is 2.27. The third-order valence-electron chi connectivity index (χ3n) is 2.24. The predicted molar refractivity (Wildman–Crippen MR) is 63.0 cm³/mol. The van der Waals surface area contributed by atoms with Crippen LogP contribution in [-0.2, 0) is 0 Å². The molecule has 0 bridgehead atoms. The Kier molecular flexibility index (Phi) is 2.36. The van der Waals surface area contributed by atoms with Crippen LogP contribution in [0.5, 0.6) is 0 Å². The number of halogens is 1. The second-order valence-corrected chi connectivity index (χ2v) is 4.11. The molecule has 3 N–H and O–H groups in total. The Morgan fingerprint density at radius 3 is 2.60 bits per heavy atom. The molecule has 0 amide bonds. The molecule has 2 aromatic rings. The molecule has 2 rings (SSSR count). The molecule has 2 aromatic carbocycles. The minimum absolute atomic E-state index is 0.270. The van der Waals surface area contributed by atoms with Crippen molar-refractivity contribution in [3.8, 4) is 0 Å². The van der Waals surface area contributed by atoms with Gasteiger partial charge in [-0.25, -0.2) is 4.79 Å². The van der Waals surface area contributed by atoms with Gasteiger partial charge in [-0.1, -0.05) is 22.0 Å². The second kappa shape index (κ2) is 3.55. The van der Waals surface area contributed by atoms with Gasteiger partial charge >= 0.3 is 5.97 Å². The second-order valence-electron chi connectivity index (χ2n) is 3.20. The van der Waals surface area contributed by atoms with Crippen molar-refractivity contribution in [1.82, 2.24) is 0 Å². The number of carbonyl (C=O) groups is 1. The van der Waals surface area contributed by atoms with Gasteiger partial charge in [-0.2, -0.15) is 0 Å². The zero-order valence-corrected chi connectivity index (χ0v) is 9.28. The average Bonchev–Trinajstić information content (AvgIpc) is 2.19. The number of hydrogen-bond donors (Lipinski definition) is 2. The standard InChI is InChI=1S/C11H8BrNO2/c12-6-1-2-7-8(11(14)15)3-4-10(13)9(7)5-6/h1-5H,13H2,(H,14,15). The maximum atomic E-state index is 11.0. The Morgan fingerprint density at radius 1 is 1.20 bits per heavy atom. The molecular weight excluding hydrogens is 258 g/mol. The quantitative estimate of drug-likeness (QED) is 0.780. The molecule has 0 heterocycles.